The normalized spacial score (nSPS) is 11.0. The minimum Gasteiger partial charge on any atom is -0.497 e. The van der Waals surface area contributed by atoms with E-state index in [0.29, 0.717) is 10.8 Å². The zero-order valence-electron chi connectivity index (χ0n) is 14.5. The minimum absolute atomic E-state index is 0.121. The molecular weight excluding hydrogens is 375 g/mol. The molecule has 0 aliphatic carbocycles. The van der Waals surface area contributed by atoms with E-state index < -0.39 is 5.91 Å². The van der Waals surface area contributed by atoms with E-state index in [-0.39, 0.29) is 22.2 Å². The summed E-state index contributed by atoms with van der Waals surface area (Å²) in [6.45, 7) is 0. The second kappa shape index (κ2) is 8.74. The predicted molar refractivity (Wildman–Crippen MR) is 104 cm³/mol. The molecule has 0 aliphatic rings. The second-order valence-electron chi connectivity index (χ2n) is 5.61. The maximum absolute atomic E-state index is 12.5. The van der Waals surface area contributed by atoms with Crippen molar-refractivity contribution < 1.29 is 14.3 Å². The number of rotatable bonds is 5. The van der Waals surface area contributed by atoms with Crippen molar-refractivity contribution in [2.75, 3.05) is 21.2 Å². The van der Waals surface area contributed by atoms with Crippen LogP contribution < -0.4 is 10.1 Å². The molecule has 0 aliphatic heterocycles. The summed E-state index contributed by atoms with van der Waals surface area (Å²) in [5, 5.41) is 3.25. The van der Waals surface area contributed by atoms with Gasteiger partial charge >= 0.3 is 0 Å². The van der Waals surface area contributed by atoms with Gasteiger partial charge in [-0.2, -0.15) is 0 Å². The highest BCUT2D eigenvalue weighted by atomic mass is 35.5. The zero-order chi connectivity index (χ0) is 19.3. The molecule has 136 valence electrons. The number of carbonyl (C=O) groups is 2. The number of amides is 2. The van der Waals surface area contributed by atoms with Crippen LogP contribution in [0.5, 0.6) is 5.75 Å². The lowest BCUT2D eigenvalue weighted by Gasteiger charge is -2.15. The van der Waals surface area contributed by atoms with Crippen molar-refractivity contribution in [3.63, 3.8) is 0 Å². The van der Waals surface area contributed by atoms with Gasteiger partial charge in [-0.15, -0.1) is 0 Å². The standard InChI is InChI=1S/C19H18Cl2N2O3/c1-23(2)19(25)17(10-12-4-7-14(26-3)8-5-12)22-18(24)15-9-6-13(20)11-16(15)21/h4-11H,1-3H3,(H,22,24)/b17-10+. The molecule has 0 bridgehead atoms. The summed E-state index contributed by atoms with van der Waals surface area (Å²) in [7, 11) is 4.78. The zero-order valence-corrected chi connectivity index (χ0v) is 16.1. The molecule has 2 amide bonds. The first-order valence-corrected chi connectivity index (χ1v) is 8.41. The van der Waals surface area contributed by atoms with E-state index in [0.717, 1.165) is 5.56 Å². The Morgan fingerprint density at radius 1 is 1.08 bits per heavy atom. The number of nitrogens with zero attached hydrogens (tertiary/aromatic N) is 1. The van der Waals surface area contributed by atoms with Crippen LogP contribution >= 0.6 is 23.2 Å². The lowest BCUT2D eigenvalue weighted by atomic mass is 10.1. The molecule has 0 saturated carbocycles. The van der Waals surface area contributed by atoms with Gasteiger partial charge in [-0.3, -0.25) is 9.59 Å². The van der Waals surface area contributed by atoms with Crippen molar-refractivity contribution in [2.24, 2.45) is 0 Å². The van der Waals surface area contributed by atoms with E-state index in [9.17, 15) is 9.59 Å². The van der Waals surface area contributed by atoms with Crippen LogP contribution in [-0.4, -0.2) is 37.9 Å². The molecule has 2 aromatic carbocycles. The summed E-state index contributed by atoms with van der Waals surface area (Å²) in [5.41, 5.74) is 1.08. The van der Waals surface area contributed by atoms with Gasteiger partial charge in [-0.05, 0) is 42.0 Å². The van der Waals surface area contributed by atoms with Crippen LogP contribution in [0.2, 0.25) is 10.0 Å². The molecule has 0 radical (unpaired) electrons. The molecule has 7 heteroatoms. The molecule has 0 spiro atoms. The van der Waals surface area contributed by atoms with Gasteiger partial charge < -0.3 is 15.0 Å². The summed E-state index contributed by atoms with van der Waals surface area (Å²) in [6.07, 6.45) is 1.59. The van der Waals surface area contributed by atoms with Gasteiger partial charge in [0.2, 0.25) is 0 Å². The quantitative estimate of drug-likeness (QED) is 0.785. The van der Waals surface area contributed by atoms with E-state index in [1.807, 2.05) is 0 Å². The van der Waals surface area contributed by atoms with Gasteiger partial charge in [0.1, 0.15) is 11.4 Å². The molecule has 2 rings (SSSR count). The average Bonchev–Trinajstić information content (AvgIpc) is 2.60. The number of benzene rings is 2. The molecular formula is C19H18Cl2N2O3. The highest BCUT2D eigenvalue weighted by Crippen LogP contribution is 2.21. The molecule has 5 nitrogen and oxygen atoms in total. The minimum atomic E-state index is -0.498. The van der Waals surface area contributed by atoms with Gasteiger partial charge in [0.15, 0.2) is 0 Å². The molecule has 0 aromatic heterocycles. The lowest BCUT2D eigenvalue weighted by Crippen LogP contribution is -2.34. The highest BCUT2D eigenvalue weighted by molar-refractivity contribution is 6.36. The number of hydrogen-bond acceptors (Lipinski definition) is 3. The van der Waals surface area contributed by atoms with Crippen LogP contribution in [0.25, 0.3) is 6.08 Å². The topological polar surface area (TPSA) is 58.6 Å². The van der Waals surface area contributed by atoms with Crippen LogP contribution in [0.15, 0.2) is 48.2 Å². The van der Waals surface area contributed by atoms with E-state index in [4.69, 9.17) is 27.9 Å². The molecule has 0 fully saturated rings. The van der Waals surface area contributed by atoms with E-state index in [2.05, 4.69) is 5.32 Å². The SMILES string of the molecule is COc1ccc(/C=C(/NC(=O)c2ccc(Cl)cc2Cl)C(=O)N(C)C)cc1. The highest BCUT2D eigenvalue weighted by Gasteiger charge is 2.18. The molecule has 0 saturated heterocycles. The Balaban J connectivity index is 2.33. The van der Waals surface area contributed by atoms with Crippen molar-refractivity contribution >= 4 is 41.1 Å². The molecule has 0 heterocycles. The van der Waals surface area contributed by atoms with E-state index in [1.165, 1.54) is 17.0 Å². The van der Waals surface area contributed by atoms with Crippen LogP contribution in [0, 0.1) is 0 Å². The third-order valence-corrected chi connectivity index (χ3v) is 4.04. The van der Waals surface area contributed by atoms with Crippen molar-refractivity contribution in [3.8, 4) is 5.75 Å². The number of nitrogens with one attached hydrogen (secondary N) is 1. The molecule has 2 aromatic rings. The average molecular weight is 393 g/mol. The summed E-state index contributed by atoms with van der Waals surface area (Å²) >= 11 is 11.9. The van der Waals surface area contributed by atoms with Gasteiger partial charge in [0, 0.05) is 19.1 Å². The van der Waals surface area contributed by atoms with Crippen molar-refractivity contribution in [1.82, 2.24) is 10.2 Å². The van der Waals surface area contributed by atoms with Gasteiger partial charge in [-0.25, -0.2) is 0 Å². The smallest absolute Gasteiger partial charge is 0.269 e. The van der Waals surface area contributed by atoms with Crippen LogP contribution in [0.4, 0.5) is 0 Å². The molecule has 1 N–H and O–H groups in total. The third-order valence-electron chi connectivity index (χ3n) is 3.49. The Morgan fingerprint density at radius 3 is 2.27 bits per heavy atom. The Kier molecular flexibility index (Phi) is 6.66. The van der Waals surface area contributed by atoms with Gasteiger partial charge in [0.05, 0.1) is 17.7 Å². The first-order chi connectivity index (χ1) is 12.3. The fourth-order valence-corrected chi connectivity index (χ4v) is 2.62. The number of likely N-dealkylation sites (N-methyl/N-ethyl adjacent to an activating group) is 1. The Hall–Kier alpha value is -2.50. The van der Waals surface area contributed by atoms with Crippen LogP contribution in [0.1, 0.15) is 15.9 Å². The van der Waals surface area contributed by atoms with Crippen molar-refractivity contribution in [1.29, 1.82) is 0 Å². The molecule has 0 atom stereocenters. The molecule has 0 unspecified atom stereocenters. The maximum atomic E-state index is 12.5. The Labute approximate surface area is 162 Å². The number of carbonyl (C=O) groups excluding carboxylic acids is 2. The van der Waals surface area contributed by atoms with Crippen molar-refractivity contribution in [3.05, 3.63) is 69.3 Å². The predicted octanol–water partition coefficient (Wildman–Crippen LogP) is 3.86. The number of methoxy groups -OCH3 is 1. The number of halogens is 2. The summed E-state index contributed by atoms with van der Waals surface area (Å²) in [5.74, 6) is -0.152. The van der Waals surface area contributed by atoms with Gasteiger partial charge in [0.25, 0.3) is 11.8 Å². The Morgan fingerprint density at radius 2 is 1.73 bits per heavy atom. The summed E-state index contributed by atoms with van der Waals surface area (Å²) in [4.78, 5) is 26.3. The lowest BCUT2D eigenvalue weighted by molar-refractivity contribution is -0.124. The van der Waals surface area contributed by atoms with Crippen molar-refractivity contribution in [2.45, 2.75) is 0 Å². The Bertz CT molecular complexity index is 846. The van der Waals surface area contributed by atoms with Crippen LogP contribution in [-0.2, 0) is 4.79 Å². The summed E-state index contributed by atoms with van der Waals surface area (Å²) in [6, 6.07) is 11.6. The largest absolute Gasteiger partial charge is 0.497 e. The fraction of sp³-hybridized carbons (Fsp3) is 0.158. The monoisotopic (exact) mass is 392 g/mol. The first kappa shape index (κ1) is 19.8. The number of hydrogen-bond donors (Lipinski definition) is 1. The van der Waals surface area contributed by atoms with E-state index in [1.54, 1.807) is 57.6 Å². The number of ether oxygens (including phenoxy) is 1. The summed E-state index contributed by atoms with van der Waals surface area (Å²) < 4.78 is 5.11. The van der Waals surface area contributed by atoms with Crippen LogP contribution in [0.3, 0.4) is 0 Å². The van der Waals surface area contributed by atoms with E-state index >= 15 is 0 Å². The fourth-order valence-electron chi connectivity index (χ4n) is 2.12. The second-order valence-corrected chi connectivity index (χ2v) is 6.45. The maximum Gasteiger partial charge on any atom is 0.269 e. The molecule has 26 heavy (non-hydrogen) atoms. The first-order valence-electron chi connectivity index (χ1n) is 7.65. The third kappa shape index (κ3) is 5.00. The van der Waals surface area contributed by atoms with Gasteiger partial charge in [-0.1, -0.05) is 35.3 Å².